The molecule has 0 rings (SSSR count). The van der Waals surface area contributed by atoms with Crippen molar-refractivity contribution in [2.75, 3.05) is 19.6 Å². The Bertz CT molecular complexity index is 436. The zero-order valence-corrected chi connectivity index (χ0v) is 15.8. The molecule has 3 amide bonds. The van der Waals surface area contributed by atoms with Crippen LogP contribution in [0.15, 0.2) is 0 Å². The average Bonchev–Trinajstić information content (AvgIpc) is 2.58. The molecular formula is C18H33N3O4. The first-order chi connectivity index (χ1) is 11.8. The van der Waals surface area contributed by atoms with Crippen molar-refractivity contribution < 1.29 is 19.2 Å². The number of hydrogen-bond acceptors (Lipinski definition) is 4. The van der Waals surface area contributed by atoms with Crippen LogP contribution in [0.2, 0.25) is 0 Å². The summed E-state index contributed by atoms with van der Waals surface area (Å²) in [6.07, 6.45) is 2.82. The van der Waals surface area contributed by atoms with E-state index in [0.717, 1.165) is 0 Å². The zero-order valence-electron chi connectivity index (χ0n) is 15.8. The largest absolute Gasteiger partial charge is 0.356 e. The van der Waals surface area contributed by atoms with E-state index in [0.29, 0.717) is 57.7 Å². The summed E-state index contributed by atoms with van der Waals surface area (Å²) in [5.74, 6) is 0.267. The quantitative estimate of drug-likeness (QED) is 0.409. The molecule has 0 aliphatic carbocycles. The molecule has 0 aromatic heterocycles. The molecule has 0 aliphatic rings. The van der Waals surface area contributed by atoms with Crippen molar-refractivity contribution in [2.45, 2.75) is 65.7 Å². The molecule has 0 bridgehead atoms. The van der Waals surface area contributed by atoms with Gasteiger partial charge in [-0.15, -0.1) is 0 Å². The van der Waals surface area contributed by atoms with Crippen LogP contribution >= 0.6 is 0 Å². The van der Waals surface area contributed by atoms with Crippen molar-refractivity contribution in [3.8, 4) is 0 Å². The number of rotatable bonds is 14. The summed E-state index contributed by atoms with van der Waals surface area (Å²) in [5, 5.41) is 8.29. The lowest BCUT2D eigenvalue weighted by atomic mass is 10.2. The van der Waals surface area contributed by atoms with Crippen LogP contribution in [0, 0.1) is 5.92 Å². The molecule has 0 spiro atoms. The number of Topliss-reactive ketones (excluding diaryl/α,β-unsaturated/α-hetero) is 1. The lowest BCUT2D eigenvalue weighted by Gasteiger charge is -2.08. The lowest BCUT2D eigenvalue weighted by Crippen LogP contribution is -2.30. The first-order valence-corrected chi connectivity index (χ1v) is 9.16. The van der Waals surface area contributed by atoms with Gasteiger partial charge in [-0.2, -0.15) is 0 Å². The molecule has 7 nitrogen and oxygen atoms in total. The maximum absolute atomic E-state index is 11.6. The van der Waals surface area contributed by atoms with E-state index in [2.05, 4.69) is 16.0 Å². The molecule has 0 saturated heterocycles. The Balaban J connectivity index is 3.54. The summed E-state index contributed by atoms with van der Waals surface area (Å²) in [6.45, 7) is 7.41. The Hall–Kier alpha value is -1.92. The fourth-order valence-electron chi connectivity index (χ4n) is 1.97. The van der Waals surface area contributed by atoms with Gasteiger partial charge in [-0.1, -0.05) is 20.8 Å². The molecule has 3 N–H and O–H groups in total. The van der Waals surface area contributed by atoms with Gasteiger partial charge in [0.2, 0.25) is 17.7 Å². The van der Waals surface area contributed by atoms with Gasteiger partial charge < -0.3 is 16.0 Å². The summed E-state index contributed by atoms with van der Waals surface area (Å²) in [7, 11) is 0. The third-order valence-corrected chi connectivity index (χ3v) is 3.54. The lowest BCUT2D eigenvalue weighted by molar-refractivity contribution is -0.125. The Labute approximate surface area is 150 Å². The molecule has 0 aromatic rings. The van der Waals surface area contributed by atoms with Crippen LogP contribution in [0.3, 0.4) is 0 Å². The normalized spacial score (nSPS) is 10.4. The smallest absolute Gasteiger partial charge is 0.220 e. The third-order valence-electron chi connectivity index (χ3n) is 3.54. The van der Waals surface area contributed by atoms with E-state index >= 15 is 0 Å². The summed E-state index contributed by atoms with van der Waals surface area (Å²) in [5.41, 5.74) is 0. The molecular weight excluding hydrogens is 322 g/mol. The SMILES string of the molecule is CCC(=O)CCC(=O)NCCCC(=O)NCCCC(=O)NCC(C)C. The Morgan fingerprint density at radius 2 is 1.20 bits per heavy atom. The Morgan fingerprint density at radius 3 is 1.68 bits per heavy atom. The van der Waals surface area contributed by atoms with E-state index in [1.54, 1.807) is 6.92 Å². The van der Waals surface area contributed by atoms with Crippen LogP contribution in [0.25, 0.3) is 0 Å². The first kappa shape index (κ1) is 23.1. The van der Waals surface area contributed by atoms with Crippen molar-refractivity contribution in [1.29, 1.82) is 0 Å². The van der Waals surface area contributed by atoms with E-state index in [4.69, 9.17) is 0 Å². The molecule has 0 aliphatic heterocycles. The van der Waals surface area contributed by atoms with Gasteiger partial charge in [0, 0.05) is 51.7 Å². The number of amides is 3. The van der Waals surface area contributed by atoms with Gasteiger partial charge in [0.15, 0.2) is 0 Å². The van der Waals surface area contributed by atoms with Crippen LogP contribution in [0.1, 0.15) is 65.7 Å². The average molecular weight is 355 g/mol. The van der Waals surface area contributed by atoms with Crippen LogP contribution in [-0.4, -0.2) is 43.1 Å². The first-order valence-electron chi connectivity index (χ1n) is 9.16. The third kappa shape index (κ3) is 15.4. The van der Waals surface area contributed by atoms with Gasteiger partial charge in [-0.25, -0.2) is 0 Å². The predicted octanol–water partition coefficient (Wildman–Crippen LogP) is 1.31. The van der Waals surface area contributed by atoms with Gasteiger partial charge >= 0.3 is 0 Å². The second kappa shape index (κ2) is 14.4. The second-order valence-corrected chi connectivity index (χ2v) is 6.50. The number of carbonyl (C=O) groups is 4. The van der Waals surface area contributed by atoms with Crippen molar-refractivity contribution in [3.05, 3.63) is 0 Å². The molecule has 0 heterocycles. The van der Waals surface area contributed by atoms with Crippen LogP contribution in [-0.2, 0) is 19.2 Å². The maximum atomic E-state index is 11.6. The van der Waals surface area contributed by atoms with Crippen LogP contribution in [0.5, 0.6) is 0 Å². The van der Waals surface area contributed by atoms with Crippen molar-refractivity contribution >= 4 is 23.5 Å². The maximum Gasteiger partial charge on any atom is 0.220 e. The molecule has 0 atom stereocenters. The monoisotopic (exact) mass is 355 g/mol. The number of carbonyl (C=O) groups excluding carboxylic acids is 4. The van der Waals surface area contributed by atoms with Crippen molar-refractivity contribution in [2.24, 2.45) is 5.92 Å². The minimum atomic E-state index is -0.158. The standard InChI is InChI=1S/C18H33N3O4/c1-4-15(22)9-10-18(25)20-12-5-7-16(23)19-11-6-8-17(24)21-13-14(2)3/h14H,4-13H2,1-3H3,(H,19,23)(H,20,25)(H,21,24). The van der Waals surface area contributed by atoms with E-state index in [1.165, 1.54) is 0 Å². The fourth-order valence-corrected chi connectivity index (χ4v) is 1.97. The van der Waals surface area contributed by atoms with E-state index in [9.17, 15) is 19.2 Å². The molecule has 0 fully saturated rings. The van der Waals surface area contributed by atoms with Crippen molar-refractivity contribution in [1.82, 2.24) is 16.0 Å². The van der Waals surface area contributed by atoms with E-state index < -0.39 is 0 Å². The van der Waals surface area contributed by atoms with Gasteiger partial charge in [0.25, 0.3) is 0 Å². The number of nitrogens with one attached hydrogen (secondary N) is 3. The minimum Gasteiger partial charge on any atom is -0.356 e. The zero-order chi connectivity index (χ0) is 19.1. The van der Waals surface area contributed by atoms with Gasteiger partial charge in [0.05, 0.1) is 0 Å². The Kier molecular flexibility index (Phi) is 13.3. The summed E-state index contributed by atoms with van der Waals surface area (Å²) in [6, 6.07) is 0. The van der Waals surface area contributed by atoms with Gasteiger partial charge in [-0.05, 0) is 18.8 Å². The highest BCUT2D eigenvalue weighted by Crippen LogP contribution is 1.96. The molecule has 0 saturated carbocycles. The second-order valence-electron chi connectivity index (χ2n) is 6.50. The van der Waals surface area contributed by atoms with Crippen molar-refractivity contribution in [3.63, 3.8) is 0 Å². The molecule has 0 unspecified atom stereocenters. The molecule has 144 valence electrons. The molecule has 7 heteroatoms. The highest BCUT2D eigenvalue weighted by molar-refractivity contribution is 5.84. The van der Waals surface area contributed by atoms with Gasteiger partial charge in [-0.3, -0.25) is 19.2 Å². The number of ketones is 1. The topological polar surface area (TPSA) is 104 Å². The highest BCUT2D eigenvalue weighted by Gasteiger charge is 2.06. The summed E-state index contributed by atoms with van der Waals surface area (Å²) in [4.78, 5) is 45.7. The fraction of sp³-hybridized carbons (Fsp3) is 0.778. The van der Waals surface area contributed by atoms with Gasteiger partial charge in [0.1, 0.15) is 5.78 Å². The van der Waals surface area contributed by atoms with E-state index in [1.807, 2.05) is 13.8 Å². The summed E-state index contributed by atoms with van der Waals surface area (Å²) < 4.78 is 0. The van der Waals surface area contributed by atoms with E-state index in [-0.39, 0.29) is 36.3 Å². The molecule has 0 radical (unpaired) electrons. The highest BCUT2D eigenvalue weighted by atomic mass is 16.2. The minimum absolute atomic E-state index is 0.00668. The van der Waals surface area contributed by atoms with Crippen LogP contribution < -0.4 is 16.0 Å². The predicted molar refractivity (Wildman–Crippen MR) is 96.9 cm³/mol. The van der Waals surface area contributed by atoms with Crippen LogP contribution in [0.4, 0.5) is 0 Å². The molecule has 0 aromatic carbocycles. The number of hydrogen-bond donors (Lipinski definition) is 3. The summed E-state index contributed by atoms with van der Waals surface area (Å²) >= 11 is 0. The Morgan fingerprint density at radius 1 is 0.720 bits per heavy atom. The molecule has 25 heavy (non-hydrogen) atoms.